The molecule has 148 valence electrons. The number of piperidine rings is 1. The Hall–Kier alpha value is -1.94. The molecule has 0 bridgehead atoms. The fourth-order valence-corrected chi connectivity index (χ4v) is 4.64. The van der Waals surface area contributed by atoms with Crippen LogP contribution in [0.15, 0.2) is 24.8 Å². The van der Waals surface area contributed by atoms with Gasteiger partial charge in [0, 0.05) is 30.8 Å². The van der Waals surface area contributed by atoms with Crippen LogP contribution >= 0.6 is 0 Å². The second kappa shape index (κ2) is 7.23. The Bertz CT molecular complexity index is 953. The van der Waals surface area contributed by atoms with Crippen LogP contribution in [-0.4, -0.2) is 46.2 Å². The lowest BCUT2D eigenvalue weighted by atomic mass is 9.96. The van der Waals surface area contributed by atoms with Gasteiger partial charge in [0.1, 0.15) is 5.69 Å². The van der Waals surface area contributed by atoms with E-state index in [9.17, 15) is 21.6 Å². The van der Waals surface area contributed by atoms with Crippen molar-refractivity contribution < 1.29 is 21.6 Å². The van der Waals surface area contributed by atoms with Gasteiger partial charge in [-0.25, -0.2) is 22.2 Å². The summed E-state index contributed by atoms with van der Waals surface area (Å²) in [4.78, 5) is 4.24. The predicted molar refractivity (Wildman–Crippen MR) is 94.9 cm³/mol. The molecule has 1 unspecified atom stereocenters. The lowest BCUT2D eigenvalue weighted by Gasteiger charge is -2.30. The van der Waals surface area contributed by atoms with Gasteiger partial charge in [-0.05, 0) is 25.3 Å². The number of alkyl halides is 3. The van der Waals surface area contributed by atoms with Crippen LogP contribution in [0.5, 0.6) is 0 Å². The van der Waals surface area contributed by atoms with Crippen LogP contribution in [0.25, 0.3) is 5.65 Å². The van der Waals surface area contributed by atoms with Crippen molar-refractivity contribution in [3.8, 4) is 0 Å². The Morgan fingerprint density at radius 1 is 1.37 bits per heavy atom. The molecule has 2 aromatic rings. The van der Waals surface area contributed by atoms with Crippen molar-refractivity contribution in [2.45, 2.75) is 38.3 Å². The van der Waals surface area contributed by atoms with Crippen LogP contribution in [0.1, 0.15) is 42.8 Å². The van der Waals surface area contributed by atoms with Crippen LogP contribution in [0, 0.1) is 0 Å². The summed E-state index contributed by atoms with van der Waals surface area (Å²) in [6.07, 6.45) is -1.58. The van der Waals surface area contributed by atoms with E-state index in [0.717, 1.165) is 10.6 Å². The van der Waals surface area contributed by atoms with Crippen molar-refractivity contribution in [1.82, 2.24) is 18.9 Å². The predicted octanol–water partition coefficient (Wildman–Crippen LogP) is 3.01. The van der Waals surface area contributed by atoms with Gasteiger partial charge in [-0.2, -0.15) is 18.3 Å². The van der Waals surface area contributed by atoms with Gasteiger partial charge in [0.05, 0.1) is 11.4 Å². The first-order valence-electron chi connectivity index (χ1n) is 8.71. The first-order valence-corrected chi connectivity index (χ1v) is 10.3. The summed E-state index contributed by atoms with van der Waals surface area (Å²) >= 11 is 0. The smallest absolute Gasteiger partial charge is 0.234 e. The molecule has 0 aliphatic carbocycles. The van der Waals surface area contributed by atoms with E-state index in [1.807, 2.05) is 0 Å². The molecule has 0 radical (unpaired) electrons. The topological polar surface area (TPSA) is 67.6 Å². The van der Waals surface area contributed by atoms with Crippen molar-refractivity contribution in [2.24, 2.45) is 0 Å². The Labute approximate surface area is 155 Å². The quantitative estimate of drug-likeness (QED) is 0.721. The van der Waals surface area contributed by atoms with Crippen LogP contribution in [-0.2, 0) is 22.6 Å². The Morgan fingerprint density at radius 2 is 2.11 bits per heavy atom. The summed E-state index contributed by atoms with van der Waals surface area (Å²) in [6.45, 7) is 5.79. The van der Waals surface area contributed by atoms with Crippen LogP contribution in [0.2, 0.25) is 0 Å². The minimum atomic E-state index is -4.56. The third-order valence-electron chi connectivity index (χ3n) is 4.68. The van der Waals surface area contributed by atoms with Crippen molar-refractivity contribution >= 4 is 15.7 Å². The SMILES string of the molecule is C=CCS(=O)(=O)N1CCCC(c2cc3nc(CC)cc(C(F)(F)F)n3n2)C1. The molecule has 0 amide bonds. The summed E-state index contributed by atoms with van der Waals surface area (Å²) < 4.78 is 66.9. The zero-order valence-electron chi connectivity index (χ0n) is 14.9. The van der Waals surface area contributed by atoms with Crippen molar-refractivity contribution in [3.63, 3.8) is 0 Å². The standard InChI is InChI=1S/C17H21F3N4O2S/c1-3-8-27(25,26)23-7-5-6-12(11-23)14-10-16-21-13(4-2)9-15(17(18,19)20)24(16)22-14/h3,9-10,12H,1,4-8,11H2,2H3. The second-order valence-electron chi connectivity index (χ2n) is 6.59. The number of aryl methyl sites for hydroxylation is 1. The van der Waals surface area contributed by atoms with Gasteiger partial charge in [0.15, 0.2) is 5.65 Å². The molecule has 1 fully saturated rings. The number of sulfonamides is 1. The van der Waals surface area contributed by atoms with Gasteiger partial charge in [-0.1, -0.05) is 13.0 Å². The molecule has 3 heterocycles. The molecule has 0 N–H and O–H groups in total. The van der Waals surface area contributed by atoms with E-state index < -0.39 is 21.9 Å². The summed E-state index contributed by atoms with van der Waals surface area (Å²) in [6, 6.07) is 2.54. The Morgan fingerprint density at radius 3 is 2.74 bits per heavy atom. The molecule has 0 saturated carbocycles. The van der Waals surface area contributed by atoms with E-state index in [1.165, 1.54) is 16.4 Å². The zero-order chi connectivity index (χ0) is 19.8. The number of nitrogens with zero attached hydrogens (tertiary/aromatic N) is 4. The van der Waals surface area contributed by atoms with Crippen LogP contribution < -0.4 is 0 Å². The first kappa shape index (κ1) is 19.8. The van der Waals surface area contributed by atoms with Gasteiger partial charge in [-0.3, -0.25) is 0 Å². The minimum absolute atomic E-state index is 0.128. The molecule has 10 heteroatoms. The second-order valence-corrected chi connectivity index (χ2v) is 8.60. The Kier molecular flexibility index (Phi) is 5.31. The molecule has 2 aromatic heterocycles. The average molecular weight is 402 g/mol. The summed E-state index contributed by atoms with van der Waals surface area (Å²) in [5.41, 5.74) is 0.0187. The number of hydrogen-bond acceptors (Lipinski definition) is 4. The van der Waals surface area contributed by atoms with E-state index in [1.54, 1.807) is 6.92 Å². The van der Waals surface area contributed by atoms with Crippen molar-refractivity contribution in [1.29, 1.82) is 0 Å². The van der Waals surface area contributed by atoms with Gasteiger partial charge < -0.3 is 0 Å². The fraction of sp³-hybridized carbons (Fsp3) is 0.529. The van der Waals surface area contributed by atoms with Crippen molar-refractivity contribution in [3.05, 3.63) is 41.9 Å². The average Bonchev–Trinajstić information content (AvgIpc) is 3.04. The van der Waals surface area contributed by atoms with Gasteiger partial charge >= 0.3 is 6.18 Å². The highest BCUT2D eigenvalue weighted by atomic mass is 32.2. The van der Waals surface area contributed by atoms with Gasteiger partial charge in [0.25, 0.3) is 0 Å². The molecule has 0 spiro atoms. The number of hydrogen-bond donors (Lipinski definition) is 0. The van der Waals surface area contributed by atoms with E-state index in [-0.39, 0.29) is 23.9 Å². The molecule has 1 aliphatic heterocycles. The summed E-state index contributed by atoms with van der Waals surface area (Å²) in [5.74, 6) is -0.434. The third kappa shape index (κ3) is 4.01. The maximum atomic E-state index is 13.4. The zero-order valence-corrected chi connectivity index (χ0v) is 15.7. The van der Waals surface area contributed by atoms with Gasteiger partial charge in [0.2, 0.25) is 10.0 Å². The summed E-state index contributed by atoms with van der Waals surface area (Å²) in [5, 5.41) is 4.13. The lowest BCUT2D eigenvalue weighted by molar-refractivity contribution is -0.142. The van der Waals surface area contributed by atoms with E-state index in [4.69, 9.17) is 0 Å². The van der Waals surface area contributed by atoms with E-state index in [2.05, 4.69) is 16.7 Å². The van der Waals surface area contributed by atoms with Crippen LogP contribution in [0.3, 0.4) is 0 Å². The minimum Gasteiger partial charge on any atom is -0.234 e. The normalized spacial score (nSPS) is 19.5. The molecule has 6 nitrogen and oxygen atoms in total. The molecule has 0 aromatic carbocycles. The first-order chi connectivity index (χ1) is 12.7. The maximum absolute atomic E-state index is 13.4. The fourth-order valence-electron chi connectivity index (χ4n) is 3.32. The molecular formula is C17H21F3N4O2S. The molecule has 1 aliphatic rings. The highest BCUT2D eigenvalue weighted by Gasteiger charge is 2.36. The Balaban J connectivity index is 1.99. The lowest BCUT2D eigenvalue weighted by Crippen LogP contribution is -2.40. The highest BCUT2D eigenvalue weighted by molar-refractivity contribution is 7.89. The highest BCUT2D eigenvalue weighted by Crippen LogP contribution is 2.32. The molecule has 1 saturated heterocycles. The largest absolute Gasteiger partial charge is 0.433 e. The number of rotatable bonds is 5. The monoisotopic (exact) mass is 402 g/mol. The maximum Gasteiger partial charge on any atom is 0.433 e. The number of fused-ring (bicyclic) bond motifs is 1. The number of aromatic nitrogens is 3. The van der Waals surface area contributed by atoms with Crippen molar-refractivity contribution in [2.75, 3.05) is 18.8 Å². The summed E-state index contributed by atoms with van der Waals surface area (Å²) in [7, 11) is -3.46. The molecular weight excluding hydrogens is 381 g/mol. The van der Waals surface area contributed by atoms with E-state index >= 15 is 0 Å². The number of halogens is 3. The van der Waals surface area contributed by atoms with Crippen LogP contribution in [0.4, 0.5) is 13.2 Å². The molecule has 3 rings (SSSR count). The third-order valence-corrected chi connectivity index (χ3v) is 6.45. The molecule has 27 heavy (non-hydrogen) atoms. The van der Waals surface area contributed by atoms with Gasteiger partial charge in [-0.15, -0.1) is 6.58 Å². The van der Waals surface area contributed by atoms with E-state index in [0.29, 0.717) is 37.2 Å². The molecule has 1 atom stereocenters.